The fraction of sp³-hybridized carbons (Fsp3) is 0.632. The Morgan fingerprint density at radius 3 is 2.61 bits per heavy atom. The Kier molecular flexibility index (Phi) is 6.90. The molecule has 128 valence electrons. The van der Waals surface area contributed by atoms with Crippen LogP contribution in [0.3, 0.4) is 0 Å². The number of ether oxygens (including phenoxy) is 1. The van der Waals surface area contributed by atoms with Gasteiger partial charge in [-0.15, -0.1) is 0 Å². The van der Waals surface area contributed by atoms with Gasteiger partial charge in [0.25, 0.3) is 5.91 Å². The predicted molar refractivity (Wildman–Crippen MR) is 93.9 cm³/mol. The van der Waals surface area contributed by atoms with Crippen LogP contribution in [0.2, 0.25) is 0 Å². The summed E-state index contributed by atoms with van der Waals surface area (Å²) >= 11 is 0. The van der Waals surface area contributed by atoms with E-state index in [9.17, 15) is 4.79 Å². The highest BCUT2D eigenvalue weighted by Gasteiger charge is 2.17. The molecule has 0 radical (unpaired) electrons. The lowest BCUT2D eigenvalue weighted by Crippen LogP contribution is -2.37. The maximum absolute atomic E-state index is 12.2. The molecule has 0 spiro atoms. The first-order valence-corrected chi connectivity index (χ1v) is 8.83. The topological polar surface area (TPSA) is 41.6 Å². The molecule has 1 amide bonds. The third-order valence-electron chi connectivity index (χ3n) is 4.36. The molecule has 1 aromatic carbocycles. The third-order valence-corrected chi connectivity index (χ3v) is 4.36. The van der Waals surface area contributed by atoms with Gasteiger partial charge < -0.3 is 15.0 Å². The van der Waals surface area contributed by atoms with Crippen molar-refractivity contribution in [2.24, 2.45) is 0 Å². The maximum atomic E-state index is 12.2. The fourth-order valence-corrected chi connectivity index (χ4v) is 2.97. The van der Waals surface area contributed by atoms with Crippen molar-refractivity contribution in [3.8, 4) is 5.75 Å². The first kappa shape index (κ1) is 17.8. The second kappa shape index (κ2) is 8.92. The first-order chi connectivity index (χ1) is 11.1. The van der Waals surface area contributed by atoms with Crippen LogP contribution >= 0.6 is 0 Å². The van der Waals surface area contributed by atoms with E-state index in [0.29, 0.717) is 5.92 Å². The fourth-order valence-electron chi connectivity index (χ4n) is 2.97. The summed E-state index contributed by atoms with van der Waals surface area (Å²) in [6.45, 7) is 10.3. The Morgan fingerprint density at radius 2 is 1.91 bits per heavy atom. The molecule has 23 heavy (non-hydrogen) atoms. The van der Waals surface area contributed by atoms with Gasteiger partial charge in [0.05, 0.1) is 0 Å². The van der Waals surface area contributed by atoms with Crippen LogP contribution < -0.4 is 10.1 Å². The predicted octanol–water partition coefficient (Wildman–Crippen LogP) is 3.18. The van der Waals surface area contributed by atoms with E-state index in [0.717, 1.165) is 30.8 Å². The highest BCUT2D eigenvalue weighted by atomic mass is 16.5. The lowest BCUT2D eigenvalue weighted by molar-refractivity contribution is -0.127. The molecular formula is C19H30N2O2. The van der Waals surface area contributed by atoms with Gasteiger partial charge in [-0.3, -0.25) is 4.79 Å². The number of likely N-dealkylation sites (tertiary alicyclic amines) is 1. The van der Waals surface area contributed by atoms with Crippen molar-refractivity contribution < 1.29 is 9.53 Å². The monoisotopic (exact) mass is 318 g/mol. The summed E-state index contributed by atoms with van der Waals surface area (Å²) in [4.78, 5) is 14.6. The van der Waals surface area contributed by atoms with Crippen LogP contribution in [0, 0.1) is 0 Å². The Bertz CT molecular complexity index is 496. The second-order valence-corrected chi connectivity index (χ2v) is 6.65. The SMILES string of the molecule is CC(Oc1ccccc1C(C)C)C(=O)NCCCN1CCCC1. The number of amides is 1. The second-order valence-electron chi connectivity index (χ2n) is 6.65. The largest absolute Gasteiger partial charge is 0.481 e. The Morgan fingerprint density at radius 1 is 1.22 bits per heavy atom. The molecule has 0 aromatic heterocycles. The van der Waals surface area contributed by atoms with Gasteiger partial charge in [-0.1, -0.05) is 32.0 Å². The minimum atomic E-state index is -0.471. The van der Waals surface area contributed by atoms with E-state index in [-0.39, 0.29) is 5.91 Å². The van der Waals surface area contributed by atoms with Crippen LogP contribution in [0.25, 0.3) is 0 Å². The Balaban J connectivity index is 1.74. The van der Waals surface area contributed by atoms with E-state index in [4.69, 9.17) is 4.74 Å². The van der Waals surface area contributed by atoms with E-state index >= 15 is 0 Å². The van der Waals surface area contributed by atoms with Gasteiger partial charge in [-0.25, -0.2) is 0 Å². The first-order valence-electron chi connectivity index (χ1n) is 8.83. The van der Waals surface area contributed by atoms with Crippen molar-refractivity contribution in [3.63, 3.8) is 0 Å². The third kappa shape index (κ3) is 5.54. The molecule has 1 unspecified atom stereocenters. The Labute approximate surface area is 140 Å². The number of hydrogen-bond donors (Lipinski definition) is 1. The van der Waals surface area contributed by atoms with Gasteiger partial charge in [0.1, 0.15) is 5.75 Å². The van der Waals surface area contributed by atoms with Gasteiger partial charge in [0.15, 0.2) is 6.10 Å². The van der Waals surface area contributed by atoms with Crippen molar-refractivity contribution in [3.05, 3.63) is 29.8 Å². The zero-order valence-corrected chi connectivity index (χ0v) is 14.7. The normalized spacial score (nSPS) is 16.5. The highest BCUT2D eigenvalue weighted by Crippen LogP contribution is 2.26. The van der Waals surface area contributed by atoms with Crippen molar-refractivity contribution in [1.29, 1.82) is 0 Å². The molecule has 1 saturated heterocycles. The van der Waals surface area contributed by atoms with Crippen LogP contribution in [0.1, 0.15) is 51.5 Å². The molecule has 1 fully saturated rings. The standard InChI is InChI=1S/C19H30N2O2/c1-15(2)17-9-4-5-10-18(17)23-16(3)19(22)20-11-8-14-21-12-6-7-13-21/h4-5,9-10,15-16H,6-8,11-14H2,1-3H3,(H,20,22). The summed E-state index contributed by atoms with van der Waals surface area (Å²) < 4.78 is 5.88. The number of carbonyl (C=O) groups excluding carboxylic acids is 1. The quantitative estimate of drug-likeness (QED) is 0.749. The van der Waals surface area contributed by atoms with Crippen LogP contribution in [-0.4, -0.2) is 43.1 Å². The molecular weight excluding hydrogens is 288 g/mol. The molecule has 1 aliphatic rings. The molecule has 0 aliphatic carbocycles. The van der Waals surface area contributed by atoms with Gasteiger partial charge in [-0.2, -0.15) is 0 Å². The molecule has 2 rings (SSSR count). The molecule has 0 saturated carbocycles. The van der Waals surface area contributed by atoms with Crippen LogP contribution in [0.5, 0.6) is 5.75 Å². The van der Waals surface area contributed by atoms with E-state index in [1.54, 1.807) is 0 Å². The van der Waals surface area contributed by atoms with Crippen LogP contribution in [0.4, 0.5) is 0 Å². The number of carbonyl (C=O) groups is 1. The van der Waals surface area contributed by atoms with Crippen molar-refractivity contribution in [2.75, 3.05) is 26.2 Å². The van der Waals surface area contributed by atoms with Crippen molar-refractivity contribution in [2.45, 2.75) is 52.1 Å². The van der Waals surface area contributed by atoms with E-state index < -0.39 is 6.10 Å². The zero-order chi connectivity index (χ0) is 16.7. The molecule has 1 aromatic rings. The molecule has 0 bridgehead atoms. The molecule has 1 atom stereocenters. The van der Waals surface area contributed by atoms with E-state index in [1.165, 1.54) is 25.9 Å². The number of rotatable bonds is 8. The highest BCUT2D eigenvalue weighted by molar-refractivity contribution is 5.80. The molecule has 1 heterocycles. The molecule has 4 heteroatoms. The van der Waals surface area contributed by atoms with Gasteiger partial charge >= 0.3 is 0 Å². The number of hydrogen-bond acceptors (Lipinski definition) is 3. The molecule has 4 nitrogen and oxygen atoms in total. The van der Waals surface area contributed by atoms with Gasteiger partial charge in [-0.05, 0) is 63.4 Å². The average molecular weight is 318 g/mol. The minimum Gasteiger partial charge on any atom is -0.481 e. The van der Waals surface area contributed by atoms with Crippen molar-refractivity contribution >= 4 is 5.91 Å². The van der Waals surface area contributed by atoms with Crippen LogP contribution in [0.15, 0.2) is 24.3 Å². The maximum Gasteiger partial charge on any atom is 0.260 e. The molecule has 1 aliphatic heterocycles. The summed E-state index contributed by atoms with van der Waals surface area (Å²) in [5, 5.41) is 2.98. The van der Waals surface area contributed by atoms with E-state index in [1.807, 2.05) is 25.1 Å². The molecule has 1 N–H and O–H groups in total. The zero-order valence-electron chi connectivity index (χ0n) is 14.7. The number of nitrogens with zero attached hydrogens (tertiary/aromatic N) is 1. The average Bonchev–Trinajstić information content (AvgIpc) is 3.05. The van der Waals surface area contributed by atoms with Crippen molar-refractivity contribution in [1.82, 2.24) is 10.2 Å². The van der Waals surface area contributed by atoms with Gasteiger partial charge in [0.2, 0.25) is 0 Å². The lowest BCUT2D eigenvalue weighted by atomic mass is 10.0. The summed E-state index contributed by atoms with van der Waals surface area (Å²) in [7, 11) is 0. The summed E-state index contributed by atoms with van der Waals surface area (Å²) in [6.07, 6.45) is 3.15. The number of para-hydroxylation sites is 1. The summed E-state index contributed by atoms with van der Waals surface area (Å²) in [5.74, 6) is 1.15. The van der Waals surface area contributed by atoms with Gasteiger partial charge in [0, 0.05) is 6.54 Å². The summed E-state index contributed by atoms with van der Waals surface area (Å²) in [6, 6.07) is 7.94. The minimum absolute atomic E-state index is 0.0371. The lowest BCUT2D eigenvalue weighted by Gasteiger charge is -2.19. The number of nitrogens with one attached hydrogen (secondary N) is 1. The summed E-state index contributed by atoms with van der Waals surface area (Å²) in [5.41, 5.74) is 1.14. The Hall–Kier alpha value is -1.55. The van der Waals surface area contributed by atoms with E-state index in [2.05, 4.69) is 30.1 Å². The van der Waals surface area contributed by atoms with Crippen LogP contribution in [-0.2, 0) is 4.79 Å². The smallest absolute Gasteiger partial charge is 0.260 e. The number of benzene rings is 1.